The van der Waals surface area contributed by atoms with Gasteiger partial charge in [-0.2, -0.15) is 0 Å². The van der Waals surface area contributed by atoms with E-state index in [0.717, 1.165) is 0 Å². The highest BCUT2D eigenvalue weighted by molar-refractivity contribution is 6.30. The van der Waals surface area contributed by atoms with Gasteiger partial charge in [0.1, 0.15) is 12.4 Å². The van der Waals surface area contributed by atoms with Crippen LogP contribution in [0.25, 0.3) is 0 Å². The summed E-state index contributed by atoms with van der Waals surface area (Å²) in [5.41, 5.74) is 0.502. The van der Waals surface area contributed by atoms with E-state index < -0.39 is 13.0 Å². The molecule has 0 spiro atoms. The Labute approximate surface area is 85.6 Å². The van der Waals surface area contributed by atoms with Crippen molar-refractivity contribution >= 4 is 11.6 Å². The quantitative estimate of drug-likeness (QED) is 0.706. The van der Waals surface area contributed by atoms with Gasteiger partial charge in [-0.25, -0.2) is 8.78 Å². The molecule has 0 radical (unpaired) electrons. The van der Waals surface area contributed by atoms with Crippen LogP contribution in [0.1, 0.15) is 5.56 Å². The fraction of sp³-hybridized carbons (Fsp3) is 0.200. The monoisotopic (exact) mass is 216 g/mol. The Bertz CT molecular complexity index is 358. The molecule has 4 heteroatoms. The molecule has 0 heterocycles. The van der Waals surface area contributed by atoms with E-state index in [2.05, 4.69) is 5.92 Å². The van der Waals surface area contributed by atoms with Crippen LogP contribution in [0.2, 0.25) is 5.02 Å². The minimum Gasteiger partial charge on any atom is -0.488 e. The Hall–Kier alpha value is -1.27. The third kappa shape index (κ3) is 3.23. The molecule has 74 valence electrons. The minimum atomic E-state index is -2.51. The van der Waals surface area contributed by atoms with Gasteiger partial charge in [-0.3, -0.25) is 0 Å². The summed E-state index contributed by atoms with van der Waals surface area (Å²) in [7, 11) is 0. The van der Waals surface area contributed by atoms with Crippen molar-refractivity contribution in [2.24, 2.45) is 0 Å². The van der Waals surface area contributed by atoms with E-state index in [1.807, 2.05) is 0 Å². The Balaban J connectivity index is 2.78. The maximum absolute atomic E-state index is 11.8. The molecule has 0 fully saturated rings. The van der Waals surface area contributed by atoms with E-state index in [9.17, 15) is 8.78 Å². The summed E-state index contributed by atoms with van der Waals surface area (Å²) < 4.78 is 28.4. The van der Waals surface area contributed by atoms with E-state index in [4.69, 9.17) is 22.8 Å². The van der Waals surface area contributed by atoms with Gasteiger partial charge in [0.05, 0.1) is 0 Å². The predicted octanol–water partition coefficient (Wildman–Crippen LogP) is 2.97. The largest absolute Gasteiger partial charge is 0.488 e. The van der Waals surface area contributed by atoms with Crippen LogP contribution >= 0.6 is 11.6 Å². The van der Waals surface area contributed by atoms with E-state index in [-0.39, 0.29) is 5.75 Å². The number of rotatable bonds is 3. The first-order chi connectivity index (χ1) is 6.61. The second kappa shape index (κ2) is 4.83. The lowest BCUT2D eigenvalue weighted by molar-refractivity contribution is 0.0819. The van der Waals surface area contributed by atoms with Crippen molar-refractivity contribution in [1.29, 1.82) is 0 Å². The number of terminal acetylenes is 1. The standard InChI is InChI=1S/C10H7ClF2O/c1-2-7-3-8(11)5-9(4-7)14-6-10(12)13/h1,3-5,10H,6H2. The summed E-state index contributed by atoms with van der Waals surface area (Å²) in [6.45, 7) is -0.662. The number of hydrogen-bond acceptors (Lipinski definition) is 1. The summed E-state index contributed by atoms with van der Waals surface area (Å²) in [6, 6.07) is 4.47. The van der Waals surface area contributed by atoms with Gasteiger partial charge in [-0.05, 0) is 18.2 Å². The van der Waals surface area contributed by atoms with Gasteiger partial charge in [-0.1, -0.05) is 17.5 Å². The van der Waals surface area contributed by atoms with Gasteiger partial charge in [0.15, 0.2) is 0 Å². The summed E-state index contributed by atoms with van der Waals surface area (Å²) >= 11 is 5.68. The molecule has 0 aliphatic rings. The molecule has 1 rings (SSSR count). The Morgan fingerprint density at radius 3 is 2.71 bits per heavy atom. The number of benzene rings is 1. The second-order valence-electron chi connectivity index (χ2n) is 2.52. The van der Waals surface area contributed by atoms with Gasteiger partial charge < -0.3 is 4.74 Å². The third-order valence-electron chi connectivity index (χ3n) is 1.41. The lowest BCUT2D eigenvalue weighted by Gasteiger charge is -2.06. The van der Waals surface area contributed by atoms with Crippen molar-refractivity contribution in [2.75, 3.05) is 6.61 Å². The summed E-state index contributed by atoms with van der Waals surface area (Å²) in [6.07, 6.45) is 2.62. The molecule has 0 aromatic heterocycles. The number of halogens is 3. The summed E-state index contributed by atoms with van der Waals surface area (Å²) in [5, 5.41) is 0.365. The molecular formula is C10H7ClF2O. The van der Waals surface area contributed by atoms with Crippen LogP contribution in [0, 0.1) is 12.3 Å². The first-order valence-electron chi connectivity index (χ1n) is 3.80. The maximum atomic E-state index is 11.8. The van der Waals surface area contributed by atoms with Crippen LogP contribution in [0.5, 0.6) is 5.75 Å². The van der Waals surface area contributed by atoms with Crippen molar-refractivity contribution in [2.45, 2.75) is 6.43 Å². The molecule has 0 aliphatic heterocycles. The van der Waals surface area contributed by atoms with Crippen molar-refractivity contribution in [3.05, 3.63) is 28.8 Å². The number of alkyl halides is 2. The van der Waals surface area contributed by atoms with E-state index in [1.165, 1.54) is 12.1 Å². The fourth-order valence-corrected chi connectivity index (χ4v) is 1.11. The van der Waals surface area contributed by atoms with Crippen LogP contribution in [0.15, 0.2) is 18.2 Å². The van der Waals surface area contributed by atoms with Gasteiger partial charge in [0.2, 0.25) is 0 Å². The molecular weight excluding hydrogens is 210 g/mol. The van der Waals surface area contributed by atoms with Crippen molar-refractivity contribution in [3.63, 3.8) is 0 Å². The number of hydrogen-bond donors (Lipinski definition) is 0. The average molecular weight is 217 g/mol. The van der Waals surface area contributed by atoms with Crippen molar-refractivity contribution in [3.8, 4) is 18.1 Å². The molecule has 1 aromatic carbocycles. The lowest BCUT2D eigenvalue weighted by atomic mass is 10.2. The molecule has 1 nitrogen and oxygen atoms in total. The van der Waals surface area contributed by atoms with E-state index in [1.54, 1.807) is 6.07 Å². The maximum Gasteiger partial charge on any atom is 0.272 e. The lowest BCUT2D eigenvalue weighted by Crippen LogP contribution is -2.06. The predicted molar refractivity (Wildman–Crippen MR) is 50.9 cm³/mol. The van der Waals surface area contributed by atoms with Gasteiger partial charge in [0, 0.05) is 10.6 Å². The number of ether oxygens (including phenoxy) is 1. The topological polar surface area (TPSA) is 9.23 Å². The zero-order chi connectivity index (χ0) is 10.6. The van der Waals surface area contributed by atoms with Crippen LogP contribution in [-0.2, 0) is 0 Å². The molecule has 0 N–H and O–H groups in total. The Morgan fingerprint density at radius 2 is 2.14 bits per heavy atom. The first-order valence-corrected chi connectivity index (χ1v) is 4.18. The normalized spacial score (nSPS) is 9.93. The average Bonchev–Trinajstić information content (AvgIpc) is 2.14. The molecule has 1 aromatic rings. The Morgan fingerprint density at radius 1 is 1.43 bits per heavy atom. The third-order valence-corrected chi connectivity index (χ3v) is 1.63. The van der Waals surface area contributed by atoms with E-state index in [0.29, 0.717) is 10.6 Å². The highest BCUT2D eigenvalue weighted by Gasteiger charge is 2.04. The summed E-state index contributed by atoms with van der Waals surface area (Å²) in [4.78, 5) is 0. The highest BCUT2D eigenvalue weighted by Crippen LogP contribution is 2.20. The first kappa shape index (κ1) is 10.8. The van der Waals surface area contributed by atoms with Gasteiger partial charge in [-0.15, -0.1) is 6.42 Å². The van der Waals surface area contributed by atoms with Crippen LogP contribution in [-0.4, -0.2) is 13.0 Å². The van der Waals surface area contributed by atoms with Crippen LogP contribution < -0.4 is 4.74 Å². The zero-order valence-corrected chi connectivity index (χ0v) is 7.89. The molecule has 0 unspecified atom stereocenters. The molecule has 14 heavy (non-hydrogen) atoms. The zero-order valence-electron chi connectivity index (χ0n) is 7.14. The van der Waals surface area contributed by atoms with E-state index >= 15 is 0 Å². The summed E-state index contributed by atoms with van der Waals surface area (Å²) in [5.74, 6) is 2.60. The second-order valence-corrected chi connectivity index (χ2v) is 2.96. The molecule has 0 saturated heterocycles. The van der Waals surface area contributed by atoms with Gasteiger partial charge >= 0.3 is 0 Å². The molecule has 0 saturated carbocycles. The van der Waals surface area contributed by atoms with Crippen LogP contribution in [0.3, 0.4) is 0 Å². The molecule has 0 amide bonds. The molecule has 0 atom stereocenters. The minimum absolute atomic E-state index is 0.255. The van der Waals surface area contributed by atoms with Crippen molar-refractivity contribution < 1.29 is 13.5 Å². The van der Waals surface area contributed by atoms with Gasteiger partial charge in [0.25, 0.3) is 6.43 Å². The molecule has 0 aliphatic carbocycles. The Kier molecular flexibility index (Phi) is 3.73. The smallest absolute Gasteiger partial charge is 0.272 e. The highest BCUT2D eigenvalue weighted by atomic mass is 35.5. The van der Waals surface area contributed by atoms with Crippen LogP contribution in [0.4, 0.5) is 8.78 Å². The SMILES string of the molecule is C#Cc1cc(Cl)cc(OCC(F)F)c1. The molecule has 0 bridgehead atoms. The fourth-order valence-electron chi connectivity index (χ4n) is 0.889. The van der Waals surface area contributed by atoms with Crippen molar-refractivity contribution in [1.82, 2.24) is 0 Å².